The molecule has 3 fully saturated rings. The van der Waals surface area contributed by atoms with E-state index in [-0.39, 0.29) is 23.4 Å². The number of benzene rings is 1. The lowest BCUT2D eigenvalue weighted by molar-refractivity contribution is -0.137. The van der Waals surface area contributed by atoms with Crippen LogP contribution in [0.5, 0.6) is 0 Å². The first-order valence-electron chi connectivity index (χ1n) is 11.3. The molecule has 0 aromatic heterocycles. The van der Waals surface area contributed by atoms with E-state index in [0.717, 1.165) is 44.4 Å². The van der Waals surface area contributed by atoms with Crippen LogP contribution in [0.2, 0.25) is 0 Å². The molecule has 2 saturated carbocycles. The van der Waals surface area contributed by atoms with Gasteiger partial charge in [0.15, 0.2) is 0 Å². The Morgan fingerprint density at radius 2 is 1.58 bits per heavy atom. The second kappa shape index (κ2) is 9.18. The summed E-state index contributed by atoms with van der Waals surface area (Å²) < 4.78 is 38.3. The minimum absolute atomic E-state index is 0.112. The highest BCUT2D eigenvalue weighted by Crippen LogP contribution is 2.32. The van der Waals surface area contributed by atoms with Crippen molar-refractivity contribution in [3.05, 3.63) is 35.4 Å². The van der Waals surface area contributed by atoms with Crippen molar-refractivity contribution in [2.45, 2.75) is 50.7 Å². The standard InChI is InChI=1S/C23H30F3N3O2/c24-23(25,26)19-9-7-18(8-10-19)22(31)29-13-11-28(12-14-29)20(17-3-1-2-4-17)21(30)27-15-16-5-6-16/h7-10,16-17,20H,1-6,11-15H2,(H,27,30)/t20-/m0/s1. The first-order chi connectivity index (χ1) is 14.8. The highest BCUT2D eigenvalue weighted by molar-refractivity contribution is 5.94. The van der Waals surface area contributed by atoms with Crippen molar-refractivity contribution < 1.29 is 22.8 Å². The quantitative estimate of drug-likeness (QED) is 0.741. The first kappa shape index (κ1) is 22.1. The summed E-state index contributed by atoms with van der Waals surface area (Å²) in [5, 5.41) is 3.14. The zero-order valence-corrected chi connectivity index (χ0v) is 17.7. The van der Waals surface area contributed by atoms with Crippen LogP contribution < -0.4 is 5.32 Å². The molecule has 1 saturated heterocycles. The van der Waals surface area contributed by atoms with E-state index in [4.69, 9.17) is 0 Å². The van der Waals surface area contributed by atoms with Gasteiger partial charge in [-0.2, -0.15) is 13.2 Å². The molecule has 1 aromatic carbocycles. The van der Waals surface area contributed by atoms with Crippen LogP contribution in [-0.2, 0) is 11.0 Å². The Hall–Kier alpha value is -2.09. The first-order valence-corrected chi connectivity index (χ1v) is 11.3. The molecule has 31 heavy (non-hydrogen) atoms. The Bertz CT molecular complexity index is 778. The number of nitrogens with zero attached hydrogens (tertiary/aromatic N) is 2. The molecular formula is C23H30F3N3O2. The summed E-state index contributed by atoms with van der Waals surface area (Å²) in [6.45, 7) is 2.90. The molecule has 0 spiro atoms. The molecule has 1 N–H and O–H groups in total. The molecule has 1 aromatic rings. The monoisotopic (exact) mass is 437 g/mol. The predicted octanol–water partition coefficient (Wildman–Crippen LogP) is 3.55. The van der Waals surface area contributed by atoms with Gasteiger partial charge in [-0.25, -0.2) is 0 Å². The second-order valence-corrected chi connectivity index (χ2v) is 9.08. The van der Waals surface area contributed by atoms with E-state index < -0.39 is 11.7 Å². The number of alkyl halides is 3. The molecule has 0 unspecified atom stereocenters. The number of carbonyl (C=O) groups is 2. The van der Waals surface area contributed by atoms with Gasteiger partial charge in [0.25, 0.3) is 5.91 Å². The molecule has 1 atom stereocenters. The van der Waals surface area contributed by atoms with E-state index >= 15 is 0 Å². The van der Waals surface area contributed by atoms with Gasteiger partial charge in [0.1, 0.15) is 0 Å². The zero-order chi connectivity index (χ0) is 22.0. The van der Waals surface area contributed by atoms with Gasteiger partial charge in [-0.15, -0.1) is 0 Å². The number of hydrogen-bond donors (Lipinski definition) is 1. The van der Waals surface area contributed by atoms with Gasteiger partial charge < -0.3 is 10.2 Å². The summed E-state index contributed by atoms with van der Waals surface area (Å²) in [5.41, 5.74) is -0.499. The maximum absolute atomic E-state index is 13.0. The summed E-state index contributed by atoms with van der Waals surface area (Å²) in [5.74, 6) is 0.841. The minimum atomic E-state index is -4.41. The van der Waals surface area contributed by atoms with E-state index in [1.807, 2.05) is 0 Å². The summed E-state index contributed by atoms with van der Waals surface area (Å²) in [7, 11) is 0. The molecule has 2 aliphatic carbocycles. The van der Waals surface area contributed by atoms with Crippen LogP contribution in [0.3, 0.4) is 0 Å². The molecule has 0 bridgehead atoms. The fraction of sp³-hybridized carbons (Fsp3) is 0.652. The Kier molecular flexibility index (Phi) is 6.55. The van der Waals surface area contributed by atoms with Gasteiger partial charge >= 0.3 is 6.18 Å². The van der Waals surface area contributed by atoms with Crippen LogP contribution in [0, 0.1) is 11.8 Å². The third-order valence-electron chi connectivity index (χ3n) is 6.83. The third kappa shape index (κ3) is 5.40. The van der Waals surface area contributed by atoms with Crippen molar-refractivity contribution in [1.29, 1.82) is 0 Å². The number of nitrogens with one attached hydrogen (secondary N) is 1. The average molecular weight is 438 g/mol. The average Bonchev–Trinajstić information content (AvgIpc) is 3.45. The van der Waals surface area contributed by atoms with Crippen LogP contribution >= 0.6 is 0 Å². The fourth-order valence-electron chi connectivity index (χ4n) is 4.81. The van der Waals surface area contributed by atoms with E-state index in [9.17, 15) is 22.8 Å². The van der Waals surface area contributed by atoms with Crippen molar-refractivity contribution in [3.8, 4) is 0 Å². The molecule has 5 nitrogen and oxygen atoms in total. The molecule has 1 heterocycles. The fourth-order valence-corrected chi connectivity index (χ4v) is 4.81. The van der Waals surface area contributed by atoms with Crippen LogP contribution in [0.4, 0.5) is 13.2 Å². The third-order valence-corrected chi connectivity index (χ3v) is 6.83. The molecule has 0 radical (unpaired) electrons. The molecule has 8 heteroatoms. The molecule has 4 rings (SSSR count). The minimum Gasteiger partial charge on any atom is -0.354 e. The Labute approximate surface area is 181 Å². The lowest BCUT2D eigenvalue weighted by Gasteiger charge is -2.40. The van der Waals surface area contributed by atoms with E-state index in [1.54, 1.807) is 4.90 Å². The van der Waals surface area contributed by atoms with Gasteiger partial charge in [-0.1, -0.05) is 12.8 Å². The SMILES string of the molecule is O=C(NCC1CC1)[C@H](C1CCCC1)N1CCN(C(=O)c2ccc(C(F)(F)F)cc2)CC1. The Morgan fingerprint density at radius 3 is 2.13 bits per heavy atom. The van der Waals surface area contributed by atoms with Crippen molar-refractivity contribution in [2.75, 3.05) is 32.7 Å². The second-order valence-electron chi connectivity index (χ2n) is 9.08. The lowest BCUT2D eigenvalue weighted by atomic mass is 9.95. The number of rotatable bonds is 6. The van der Waals surface area contributed by atoms with Gasteiger partial charge in [0, 0.05) is 38.3 Å². The van der Waals surface area contributed by atoms with Crippen LogP contribution in [0.1, 0.15) is 54.4 Å². The largest absolute Gasteiger partial charge is 0.416 e. The van der Waals surface area contributed by atoms with Gasteiger partial charge in [0.05, 0.1) is 11.6 Å². The normalized spacial score (nSPS) is 21.8. The van der Waals surface area contributed by atoms with Crippen molar-refractivity contribution in [3.63, 3.8) is 0 Å². The smallest absolute Gasteiger partial charge is 0.354 e. The van der Waals surface area contributed by atoms with Crippen molar-refractivity contribution >= 4 is 11.8 Å². The molecule has 2 amide bonds. The van der Waals surface area contributed by atoms with Crippen LogP contribution in [0.25, 0.3) is 0 Å². The number of hydrogen-bond acceptors (Lipinski definition) is 3. The molecule has 1 aliphatic heterocycles. The lowest BCUT2D eigenvalue weighted by Crippen LogP contribution is -2.58. The summed E-state index contributed by atoms with van der Waals surface area (Å²) in [6, 6.07) is 4.23. The zero-order valence-electron chi connectivity index (χ0n) is 17.7. The highest BCUT2D eigenvalue weighted by Gasteiger charge is 2.38. The van der Waals surface area contributed by atoms with Crippen LogP contribution in [-0.4, -0.2) is 60.4 Å². The molecular weight excluding hydrogens is 407 g/mol. The number of piperazine rings is 1. The summed E-state index contributed by atoms with van der Waals surface area (Å²) in [4.78, 5) is 29.6. The predicted molar refractivity (Wildman–Crippen MR) is 110 cm³/mol. The Balaban J connectivity index is 1.36. The summed E-state index contributed by atoms with van der Waals surface area (Å²) in [6.07, 6.45) is 2.41. The van der Waals surface area contributed by atoms with Gasteiger partial charge in [-0.05, 0) is 61.8 Å². The van der Waals surface area contributed by atoms with E-state index in [1.165, 1.54) is 25.0 Å². The number of carbonyl (C=O) groups excluding carboxylic acids is 2. The summed E-state index contributed by atoms with van der Waals surface area (Å²) >= 11 is 0. The highest BCUT2D eigenvalue weighted by atomic mass is 19.4. The molecule has 170 valence electrons. The number of amides is 2. The van der Waals surface area contributed by atoms with E-state index in [2.05, 4.69) is 10.2 Å². The van der Waals surface area contributed by atoms with Gasteiger partial charge in [0.2, 0.25) is 5.91 Å². The van der Waals surface area contributed by atoms with Crippen molar-refractivity contribution in [1.82, 2.24) is 15.1 Å². The molecule has 3 aliphatic rings. The van der Waals surface area contributed by atoms with Crippen LogP contribution in [0.15, 0.2) is 24.3 Å². The van der Waals surface area contributed by atoms with Crippen molar-refractivity contribution in [2.24, 2.45) is 11.8 Å². The van der Waals surface area contributed by atoms with Gasteiger partial charge in [-0.3, -0.25) is 14.5 Å². The Morgan fingerprint density at radius 1 is 0.968 bits per heavy atom. The maximum Gasteiger partial charge on any atom is 0.416 e. The number of halogens is 3. The topological polar surface area (TPSA) is 52.7 Å². The maximum atomic E-state index is 13.0. The van der Waals surface area contributed by atoms with E-state index in [0.29, 0.717) is 38.0 Å².